The number of methoxy groups -OCH3 is 2. The van der Waals surface area contributed by atoms with Crippen LogP contribution in [0.3, 0.4) is 0 Å². The SMILES string of the molecule is COCC(=O)N(c1c(C)cccc1C)C(C)C(=O)OC.[Au].[Cu]. The third kappa shape index (κ3) is 5.54. The van der Waals surface area contributed by atoms with E-state index in [1.807, 2.05) is 32.0 Å². The van der Waals surface area contributed by atoms with Crippen molar-refractivity contribution < 1.29 is 58.5 Å². The summed E-state index contributed by atoms with van der Waals surface area (Å²) in [5.74, 6) is -0.736. The summed E-state index contributed by atoms with van der Waals surface area (Å²) in [6.07, 6.45) is 0. The van der Waals surface area contributed by atoms with Gasteiger partial charge in [0.2, 0.25) is 0 Å². The molecule has 1 rings (SSSR count). The van der Waals surface area contributed by atoms with Gasteiger partial charge in [0.15, 0.2) is 0 Å². The van der Waals surface area contributed by atoms with Gasteiger partial charge in [0.1, 0.15) is 12.6 Å². The van der Waals surface area contributed by atoms with Crippen molar-refractivity contribution in [2.75, 3.05) is 25.7 Å². The first-order chi connectivity index (χ1) is 9.43. The Kier molecular flexibility index (Phi) is 11.8. The molecule has 0 fully saturated rings. The van der Waals surface area contributed by atoms with Gasteiger partial charge in [-0.3, -0.25) is 9.69 Å². The van der Waals surface area contributed by atoms with Gasteiger partial charge < -0.3 is 9.47 Å². The number of esters is 1. The van der Waals surface area contributed by atoms with Crippen molar-refractivity contribution in [2.45, 2.75) is 26.8 Å². The van der Waals surface area contributed by atoms with E-state index in [2.05, 4.69) is 0 Å². The fourth-order valence-corrected chi connectivity index (χ4v) is 2.19. The fourth-order valence-electron chi connectivity index (χ4n) is 2.19. The number of benzene rings is 1. The molecular formula is C15H21AuCuNO4. The van der Waals surface area contributed by atoms with Crippen LogP contribution in [-0.2, 0) is 58.5 Å². The predicted molar refractivity (Wildman–Crippen MR) is 76.8 cm³/mol. The molecule has 22 heavy (non-hydrogen) atoms. The smallest absolute Gasteiger partial charge is 0.328 e. The van der Waals surface area contributed by atoms with E-state index in [0.717, 1.165) is 16.8 Å². The first kappa shape index (κ1) is 23.6. The summed E-state index contributed by atoms with van der Waals surface area (Å²) in [5, 5.41) is 0. The van der Waals surface area contributed by atoms with Crippen LogP contribution in [0.1, 0.15) is 18.1 Å². The van der Waals surface area contributed by atoms with Gasteiger partial charge in [0.05, 0.1) is 12.8 Å². The molecule has 0 heterocycles. The molecule has 5 nitrogen and oxygen atoms in total. The third-order valence-electron chi connectivity index (χ3n) is 3.15. The minimum Gasteiger partial charge on any atom is -0.467 e. The Hall–Kier alpha value is -0.620. The summed E-state index contributed by atoms with van der Waals surface area (Å²) in [6.45, 7) is 5.36. The number of para-hydroxylation sites is 1. The average molecular weight is 540 g/mol. The summed E-state index contributed by atoms with van der Waals surface area (Å²) >= 11 is 0. The van der Waals surface area contributed by atoms with Crippen molar-refractivity contribution in [3.8, 4) is 0 Å². The van der Waals surface area contributed by atoms with Crippen LogP contribution in [0, 0.1) is 13.8 Å². The fraction of sp³-hybridized carbons (Fsp3) is 0.467. The van der Waals surface area contributed by atoms with E-state index in [4.69, 9.17) is 9.47 Å². The molecular weight excluding hydrogens is 519 g/mol. The Morgan fingerprint density at radius 1 is 1.18 bits per heavy atom. The van der Waals surface area contributed by atoms with Crippen LogP contribution in [0.2, 0.25) is 0 Å². The molecule has 1 unspecified atom stereocenters. The topological polar surface area (TPSA) is 55.8 Å². The van der Waals surface area contributed by atoms with Crippen LogP contribution in [0.15, 0.2) is 18.2 Å². The number of anilines is 1. The Labute approximate surface area is 157 Å². The molecule has 0 saturated heterocycles. The molecule has 7 heteroatoms. The molecule has 0 saturated carbocycles. The number of rotatable bonds is 5. The second-order valence-corrected chi connectivity index (χ2v) is 4.64. The summed E-state index contributed by atoms with van der Waals surface area (Å²) in [4.78, 5) is 25.5. The van der Waals surface area contributed by atoms with Crippen LogP contribution in [-0.4, -0.2) is 38.7 Å². The number of hydrogen-bond acceptors (Lipinski definition) is 4. The van der Waals surface area contributed by atoms with Crippen molar-refractivity contribution in [1.29, 1.82) is 0 Å². The molecule has 132 valence electrons. The first-order valence-electron chi connectivity index (χ1n) is 6.39. The van der Waals surface area contributed by atoms with E-state index in [0.29, 0.717) is 0 Å². The van der Waals surface area contributed by atoms with E-state index in [1.165, 1.54) is 19.1 Å². The number of carbonyl (C=O) groups excluding carboxylic acids is 2. The average Bonchev–Trinajstić information content (AvgIpc) is 2.41. The van der Waals surface area contributed by atoms with Crippen LogP contribution < -0.4 is 4.90 Å². The standard InChI is InChI=1S/C15H21NO4.Au.Cu/c1-10-7-6-8-11(2)14(10)16(13(17)9-19-4)12(3)15(18)20-5;;/h6-8,12H,9H2,1-5H3;;. The molecule has 0 aliphatic rings. The van der Waals surface area contributed by atoms with Crippen molar-refractivity contribution in [1.82, 2.24) is 0 Å². The Morgan fingerprint density at radius 3 is 2.09 bits per heavy atom. The minimum absolute atomic E-state index is 0. The van der Waals surface area contributed by atoms with Gasteiger partial charge in [-0.15, -0.1) is 0 Å². The van der Waals surface area contributed by atoms with Gasteiger partial charge in [-0.2, -0.15) is 0 Å². The molecule has 2 radical (unpaired) electrons. The molecule has 0 aromatic heterocycles. The molecule has 0 N–H and O–H groups in total. The monoisotopic (exact) mass is 539 g/mol. The van der Waals surface area contributed by atoms with E-state index in [9.17, 15) is 9.59 Å². The van der Waals surface area contributed by atoms with E-state index < -0.39 is 12.0 Å². The van der Waals surface area contributed by atoms with E-state index in [1.54, 1.807) is 6.92 Å². The maximum Gasteiger partial charge on any atom is 0.328 e. The number of aryl methyl sites for hydroxylation is 2. The van der Waals surface area contributed by atoms with Gasteiger partial charge in [0, 0.05) is 46.6 Å². The number of ether oxygens (including phenoxy) is 2. The quantitative estimate of drug-likeness (QED) is 0.423. The Bertz CT molecular complexity index is 490. The molecule has 0 spiro atoms. The zero-order valence-corrected chi connectivity index (χ0v) is 16.3. The van der Waals surface area contributed by atoms with Gasteiger partial charge in [-0.05, 0) is 31.9 Å². The third-order valence-corrected chi connectivity index (χ3v) is 3.15. The van der Waals surface area contributed by atoms with E-state index in [-0.39, 0.29) is 52.0 Å². The second-order valence-electron chi connectivity index (χ2n) is 4.64. The number of amides is 1. The van der Waals surface area contributed by atoms with Crippen molar-refractivity contribution in [2.24, 2.45) is 0 Å². The van der Waals surface area contributed by atoms with Gasteiger partial charge in [-0.1, -0.05) is 18.2 Å². The molecule has 1 atom stereocenters. The minimum atomic E-state index is -0.706. The van der Waals surface area contributed by atoms with Crippen molar-refractivity contribution in [3.05, 3.63) is 29.3 Å². The Morgan fingerprint density at radius 2 is 1.68 bits per heavy atom. The van der Waals surface area contributed by atoms with Gasteiger partial charge >= 0.3 is 5.97 Å². The number of hydrogen-bond donors (Lipinski definition) is 0. The van der Waals surface area contributed by atoms with E-state index >= 15 is 0 Å². The molecule has 0 aliphatic heterocycles. The molecule has 1 amide bonds. The largest absolute Gasteiger partial charge is 0.467 e. The molecule has 1 aromatic carbocycles. The van der Waals surface area contributed by atoms with Crippen molar-refractivity contribution in [3.63, 3.8) is 0 Å². The Balaban J connectivity index is 0. The van der Waals surface area contributed by atoms with Crippen LogP contribution >= 0.6 is 0 Å². The summed E-state index contributed by atoms with van der Waals surface area (Å²) in [6, 6.07) is 5.01. The number of nitrogens with zero attached hydrogens (tertiary/aromatic N) is 1. The zero-order chi connectivity index (χ0) is 15.3. The van der Waals surface area contributed by atoms with Crippen LogP contribution in [0.25, 0.3) is 0 Å². The summed E-state index contributed by atoms with van der Waals surface area (Å²) in [7, 11) is 2.76. The summed E-state index contributed by atoms with van der Waals surface area (Å²) in [5.41, 5.74) is 2.57. The predicted octanol–water partition coefficient (Wildman–Crippen LogP) is 1.84. The van der Waals surface area contributed by atoms with Gasteiger partial charge in [0.25, 0.3) is 5.91 Å². The molecule has 0 aliphatic carbocycles. The van der Waals surface area contributed by atoms with Gasteiger partial charge in [-0.25, -0.2) is 4.79 Å². The van der Waals surface area contributed by atoms with Crippen molar-refractivity contribution >= 4 is 17.6 Å². The molecule has 1 aromatic rings. The second kappa shape index (κ2) is 11.0. The maximum atomic E-state index is 12.3. The summed E-state index contributed by atoms with van der Waals surface area (Å²) < 4.78 is 9.65. The first-order valence-corrected chi connectivity index (χ1v) is 6.39. The normalized spacial score (nSPS) is 10.8. The van der Waals surface area contributed by atoms with Crippen LogP contribution in [0.5, 0.6) is 0 Å². The van der Waals surface area contributed by atoms with Crippen LogP contribution in [0.4, 0.5) is 5.69 Å². The zero-order valence-electron chi connectivity index (χ0n) is 13.2. The molecule has 0 bridgehead atoms. The number of carbonyl (C=O) groups is 2. The maximum absolute atomic E-state index is 12.3.